The van der Waals surface area contributed by atoms with E-state index in [1.807, 2.05) is 6.92 Å². The molecule has 0 saturated heterocycles. The maximum atomic E-state index is 9.35. The number of aliphatic hydroxyl groups excluding tert-OH is 1. The zero-order valence-electron chi connectivity index (χ0n) is 10.3. The second-order valence-corrected chi connectivity index (χ2v) is 5.33. The Morgan fingerprint density at radius 1 is 1.41 bits per heavy atom. The molecule has 0 bridgehead atoms. The minimum Gasteiger partial charge on any atom is -0.393 e. The average Bonchev–Trinajstić information content (AvgIpc) is 2.61. The monoisotopic (exact) mass is 251 g/mol. The van der Waals surface area contributed by atoms with Crippen molar-refractivity contribution in [3.05, 3.63) is 17.3 Å². The van der Waals surface area contributed by atoms with E-state index in [1.165, 1.54) is 5.56 Å². The fraction of sp³-hybridized carbons (Fsp3) is 0.500. The summed E-state index contributed by atoms with van der Waals surface area (Å²) in [4.78, 5) is 8.55. The highest BCUT2D eigenvalue weighted by Crippen LogP contribution is 2.28. The summed E-state index contributed by atoms with van der Waals surface area (Å²) in [5, 5.41) is 14.8. The van der Waals surface area contributed by atoms with Gasteiger partial charge in [-0.1, -0.05) is 0 Å². The highest BCUT2D eigenvalue weighted by atomic mass is 32.1. The van der Waals surface area contributed by atoms with Crippen molar-refractivity contribution in [3.8, 4) is 0 Å². The van der Waals surface area contributed by atoms with E-state index in [0.717, 1.165) is 16.0 Å². The molecule has 92 valence electrons. The van der Waals surface area contributed by atoms with Gasteiger partial charge < -0.3 is 10.4 Å². The van der Waals surface area contributed by atoms with Crippen LogP contribution in [0.3, 0.4) is 0 Å². The summed E-state index contributed by atoms with van der Waals surface area (Å²) in [6.45, 7) is 5.89. The SMILES string of the molecule is Cc1csc2c(NC(C)CC(C)O)ncnc12. The first kappa shape index (κ1) is 12.3. The number of nitrogens with one attached hydrogen (secondary N) is 1. The zero-order chi connectivity index (χ0) is 12.4. The number of fused-ring (bicyclic) bond motifs is 1. The lowest BCUT2D eigenvalue weighted by Crippen LogP contribution is -2.21. The van der Waals surface area contributed by atoms with Gasteiger partial charge in [-0.2, -0.15) is 0 Å². The Kier molecular flexibility index (Phi) is 3.59. The fourth-order valence-corrected chi connectivity index (χ4v) is 2.83. The molecule has 17 heavy (non-hydrogen) atoms. The van der Waals surface area contributed by atoms with Gasteiger partial charge in [0.25, 0.3) is 0 Å². The molecule has 4 nitrogen and oxygen atoms in total. The van der Waals surface area contributed by atoms with Crippen LogP contribution in [0.4, 0.5) is 5.82 Å². The van der Waals surface area contributed by atoms with Crippen molar-refractivity contribution < 1.29 is 5.11 Å². The number of hydrogen-bond acceptors (Lipinski definition) is 5. The largest absolute Gasteiger partial charge is 0.393 e. The van der Waals surface area contributed by atoms with Crippen LogP contribution in [-0.2, 0) is 0 Å². The second-order valence-electron chi connectivity index (χ2n) is 4.45. The van der Waals surface area contributed by atoms with E-state index in [0.29, 0.717) is 6.42 Å². The Bertz CT molecular complexity index is 509. The lowest BCUT2D eigenvalue weighted by molar-refractivity contribution is 0.179. The van der Waals surface area contributed by atoms with Gasteiger partial charge in [-0.05, 0) is 38.1 Å². The predicted molar refractivity (Wildman–Crippen MR) is 71.5 cm³/mol. The second kappa shape index (κ2) is 4.98. The first-order valence-corrected chi connectivity index (χ1v) is 6.59. The van der Waals surface area contributed by atoms with Crippen LogP contribution < -0.4 is 5.32 Å². The van der Waals surface area contributed by atoms with Crippen LogP contribution in [0.5, 0.6) is 0 Å². The van der Waals surface area contributed by atoms with Crippen LogP contribution in [0.2, 0.25) is 0 Å². The van der Waals surface area contributed by atoms with E-state index >= 15 is 0 Å². The molecule has 0 saturated carbocycles. The third kappa shape index (κ3) is 2.73. The molecule has 2 atom stereocenters. The fourth-order valence-electron chi connectivity index (χ4n) is 1.88. The maximum Gasteiger partial charge on any atom is 0.147 e. The first-order chi connectivity index (χ1) is 8.08. The van der Waals surface area contributed by atoms with Gasteiger partial charge in [-0.25, -0.2) is 9.97 Å². The molecule has 2 heterocycles. The summed E-state index contributed by atoms with van der Waals surface area (Å²) in [6.07, 6.45) is 1.98. The molecule has 2 unspecified atom stereocenters. The van der Waals surface area contributed by atoms with E-state index in [9.17, 15) is 5.11 Å². The standard InChI is InChI=1S/C12H17N3OS/c1-7-5-17-11-10(7)13-6-14-12(11)15-8(2)4-9(3)16/h5-6,8-9,16H,4H2,1-3H3,(H,13,14,15). The van der Waals surface area contributed by atoms with Crippen LogP contribution in [-0.4, -0.2) is 27.2 Å². The van der Waals surface area contributed by atoms with E-state index in [2.05, 4.69) is 27.6 Å². The number of aromatic nitrogens is 2. The highest BCUT2D eigenvalue weighted by Gasteiger charge is 2.11. The Morgan fingerprint density at radius 3 is 2.88 bits per heavy atom. The molecular formula is C12H17N3OS. The molecule has 0 aliphatic rings. The number of hydrogen-bond donors (Lipinski definition) is 2. The summed E-state index contributed by atoms with van der Waals surface area (Å²) in [5.74, 6) is 0.862. The number of thiophene rings is 1. The molecule has 2 rings (SSSR count). The summed E-state index contributed by atoms with van der Waals surface area (Å²) in [7, 11) is 0. The van der Waals surface area contributed by atoms with Gasteiger partial charge >= 0.3 is 0 Å². The van der Waals surface area contributed by atoms with Crippen LogP contribution in [0.1, 0.15) is 25.8 Å². The van der Waals surface area contributed by atoms with E-state index < -0.39 is 0 Å². The molecule has 0 radical (unpaired) electrons. The van der Waals surface area contributed by atoms with Gasteiger partial charge in [0.05, 0.1) is 16.3 Å². The van der Waals surface area contributed by atoms with Gasteiger partial charge in [0.2, 0.25) is 0 Å². The predicted octanol–water partition coefficient (Wildman–Crippen LogP) is 2.57. The molecular weight excluding hydrogens is 234 g/mol. The van der Waals surface area contributed by atoms with Gasteiger partial charge in [-0.15, -0.1) is 11.3 Å². The van der Waals surface area contributed by atoms with Gasteiger partial charge in [-0.3, -0.25) is 0 Å². The third-order valence-electron chi connectivity index (χ3n) is 2.61. The molecule has 5 heteroatoms. The normalized spacial score (nSPS) is 14.8. The van der Waals surface area contributed by atoms with Crippen LogP contribution >= 0.6 is 11.3 Å². The molecule has 0 amide bonds. The number of nitrogens with zero attached hydrogens (tertiary/aromatic N) is 2. The van der Waals surface area contributed by atoms with Crippen molar-refractivity contribution in [2.75, 3.05) is 5.32 Å². The zero-order valence-corrected chi connectivity index (χ0v) is 11.1. The molecule has 2 aromatic rings. The molecule has 0 aromatic carbocycles. The molecule has 0 fully saturated rings. The van der Waals surface area contributed by atoms with Crippen molar-refractivity contribution in [1.29, 1.82) is 0 Å². The van der Waals surface area contributed by atoms with E-state index in [1.54, 1.807) is 24.6 Å². The van der Waals surface area contributed by atoms with Gasteiger partial charge in [0.1, 0.15) is 12.1 Å². The number of aliphatic hydroxyl groups is 1. The maximum absolute atomic E-state index is 9.35. The molecule has 2 aromatic heterocycles. The number of aryl methyl sites for hydroxylation is 1. The van der Waals surface area contributed by atoms with Crippen LogP contribution in [0.15, 0.2) is 11.7 Å². The Balaban J connectivity index is 2.24. The molecule has 2 N–H and O–H groups in total. The van der Waals surface area contributed by atoms with E-state index in [4.69, 9.17) is 0 Å². The Hall–Kier alpha value is -1.20. The lowest BCUT2D eigenvalue weighted by Gasteiger charge is -2.16. The van der Waals surface area contributed by atoms with E-state index in [-0.39, 0.29) is 12.1 Å². The minimum atomic E-state index is -0.306. The Morgan fingerprint density at radius 2 is 2.18 bits per heavy atom. The first-order valence-electron chi connectivity index (χ1n) is 5.71. The summed E-state index contributed by atoms with van der Waals surface area (Å²) < 4.78 is 1.09. The van der Waals surface area contributed by atoms with Gasteiger partial charge in [0, 0.05) is 6.04 Å². The van der Waals surface area contributed by atoms with Crippen molar-refractivity contribution in [2.45, 2.75) is 39.3 Å². The van der Waals surface area contributed by atoms with Crippen molar-refractivity contribution in [2.24, 2.45) is 0 Å². The summed E-state index contributed by atoms with van der Waals surface area (Å²) in [5.41, 5.74) is 2.19. The smallest absolute Gasteiger partial charge is 0.147 e. The van der Waals surface area contributed by atoms with Crippen molar-refractivity contribution >= 4 is 27.4 Å². The molecule has 0 aliphatic heterocycles. The quantitative estimate of drug-likeness (QED) is 0.877. The lowest BCUT2D eigenvalue weighted by atomic mass is 10.1. The van der Waals surface area contributed by atoms with Crippen molar-refractivity contribution in [3.63, 3.8) is 0 Å². The van der Waals surface area contributed by atoms with Crippen molar-refractivity contribution in [1.82, 2.24) is 9.97 Å². The Labute approximate surface area is 105 Å². The molecule has 0 aliphatic carbocycles. The minimum absolute atomic E-state index is 0.190. The van der Waals surface area contributed by atoms with Gasteiger partial charge in [0.15, 0.2) is 0 Å². The number of rotatable bonds is 4. The third-order valence-corrected chi connectivity index (χ3v) is 3.70. The van der Waals surface area contributed by atoms with Crippen LogP contribution in [0.25, 0.3) is 10.2 Å². The summed E-state index contributed by atoms with van der Waals surface area (Å²) >= 11 is 1.65. The topological polar surface area (TPSA) is 58.0 Å². The molecule has 0 spiro atoms. The van der Waals surface area contributed by atoms with Crippen LogP contribution in [0, 0.1) is 6.92 Å². The summed E-state index contributed by atoms with van der Waals surface area (Å²) in [6, 6.07) is 0.190. The highest BCUT2D eigenvalue weighted by molar-refractivity contribution is 7.18. The number of anilines is 1. The average molecular weight is 251 g/mol.